The van der Waals surface area contributed by atoms with Gasteiger partial charge in [-0.05, 0) is 37.8 Å². The second-order valence-electron chi connectivity index (χ2n) is 13.8. The number of hydrogen-bond acceptors (Lipinski definition) is 11. The molecule has 1 saturated heterocycles. The van der Waals surface area contributed by atoms with Gasteiger partial charge in [0.05, 0.1) is 19.8 Å². The molecule has 8 atom stereocenters. The monoisotopic (exact) mass is 762 g/mol. The molecular formula is C38H62N6O10. The van der Waals surface area contributed by atoms with E-state index in [1.165, 1.54) is 71.6 Å². The standard InChI is InChI=1S/C38H62N6O10/c1-4-5-6-7-8-9-10-11-12-13-14-18-23-51-31(46)22-21-29(35(39)48)42-36(49)26(2)41-37(50)27(3)53-34-32(43-44-40)38(54-30(24-45)33(34)47)52-25-28-19-16-15-17-20-28/h15-17,19-20,26-27,29-30,32-34,38,45,47H,4-14,18,21-25H2,1-3H3,(H2,39,48)(H,41,50)(H,42,49)/t26-,27+,29+,30+,32+,33+,34+,38+/m0/s1. The second-order valence-corrected chi connectivity index (χ2v) is 13.8. The first kappa shape index (κ1) is 46.4. The Hall–Kier alpha value is -3.79. The van der Waals surface area contributed by atoms with Gasteiger partial charge < -0.3 is 45.5 Å². The van der Waals surface area contributed by atoms with Crippen LogP contribution in [-0.2, 0) is 44.7 Å². The highest BCUT2D eigenvalue weighted by Crippen LogP contribution is 2.28. The molecule has 0 spiro atoms. The molecule has 0 saturated carbocycles. The molecule has 1 heterocycles. The largest absolute Gasteiger partial charge is 0.466 e. The molecule has 1 aromatic carbocycles. The maximum absolute atomic E-state index is 13.1. The van der Waals surface area contributed by atoms with Crippen LogP contribution in [0.15, 0.2) is 35.4 Å². The van der Waals surface area contributed by atoms with E-state index in [-0.39, 0.29) is 26.1 Å². The van der Waals surface area contributed by atoms with Gasteiger partial charge in [0.15, 0.2) is 6.29 Å². The molecule has 0 aromatic heterocycles. The molecule has 304 valence electrons. The van der Waals surface area contributed by atoms with Crippen LogP contribution in [0.3, 0.4) is 0 Å². The number of benzene rings is 1. The maximum atomic E-state index is 13.1. The summed E-state index contributed by atoms with van der Waals surface area (Å²) in [5.74, 6) is -2.86. The summed E-state index contributed by atoms with van der Waals surface area (Å²) in [4.78, 5) is 53.2. The van der Waals surface area contributed by atoms with Crippen LogP contribution in [0, 0.1) is 0 Å². The number of ether oxygens (including phenoxy) is 4. The summed E-state index contributed by atoms with van der Waals surface area (Å²) in [5.41, 5.74) is 15.5. The number of carbonyl (C=O) groups is 4. The molecule has 0 bridgehead atoms. The van der Waals surface area contributed by atoms with Crippen molar-refractivity contribution in [1.29, 1.82) is 0 Å². The highest BCUT2D eigenvalue weighted by molar-refractivity contribution is 5.92. The number of unbranched alkanes of at least 4 members (excludes halogenated alkanes) is 11. The molecule has 6 N–H and O–H groups in total. The fraction of sp³-hybridized carbons (Fsp3) is 0.737. The molecule has 1 fully saturated rings. The van der Waals surface area contributed by atoms with Crippen LogP contribution in [0.5, 0.6) is 0 Å². The van der Waals surface area contributed by atoms with Crippen LogP contribution in [0.1, 0.15) is 116 Å². The van der Waals surface area contributed by atoms with E-state index in [1.807, 2.05) is 30.3 Å². The van der Waals surface area contributed by atoms with E-state index < -0.39 is 79.1 Å². The number of primary amides is 1. The topological polar surface area (TPSA) is 244 Å². The number of hydrogen-bond donors (Lipinski definition) is 5. The summed E-state index contributed by atoms with van der Waals surface area (Å²) in [7, 11) is 0. The van der Waals surface area contributed by atoms with Crippen LogP contribution in [0.4, 0.5) is 0 Å². The van der Waals surface area contributed by atoms with Crippen molar-refractivity contribution in [1.82, 2.24) is 10.6 Å². The van der Waals surface area contributed by atoms with E-state index in [1.54, 1.807) is 0 Å². The zero-order valence-corrected chi connectivity index (χ0v) is 32.1. The van der Waals surface area contributed by atoms with E-state index in [4.69, 9.17) is 24.7 Å². The number of esters is 1. The van der Waals surface area contributed by atoms with Crippen molar-refractivity contribution in [3.05, 3.63) is 46.3 Å². The Labute approximate surface area is 318 Å². The van der Waals surface area contributed by atoms with Gasteiger partial charge in [-0.25, -0.2) is 0 Å². The third-order valence-electron chi connectivity index (χ3n) is 9.30. The van der Waals surface area contributed by atoms with Gasteiger partial charge in [-0.1, -0.05) is 113 Å². The fourth-order valence-corrected chi connectivity index (χ4v) is 6.02. The number of aliphatic hydroxyl groups excluding tert-OH is 2. The smallest absolute Gasteiger partial charge is 0.305 e. The lowest BCUT2D eigenvalue weighted by Gasteiger charge is -2.43. The molecule has 16 nitrogen and oxygen atoms in total. The summed E-state index contributed by atoms with van der Waals surface area (Å²) >= 11 is 0. The van der Waals surface area contributed by atoms with E-state index in [0.717, 1.165) is 24.8 Å². The van der Waals surface area contributed by atoms with E-state index in [2.05, 4.69) is 27.6 Å². The van der Waals surface area contributed by atoms with Gasteiger partial charge in [0.1, 0.15) is 42.5 Å². The lowest BCUT2D eigenvalue weighted by atomic mass is 9.97. The van der Waals surface area contributed by atoms with Gasteiger partial charge in [0.25, 0.3) is 0 Å². The van der Waals surface area contributed by atoms with Gasteiger partial charge in [0.2, 0.25) is 17.7 Å². The zero-order chi connectivity index (χ0) is 39.7. The van der Waals surface area contributed by atoms with E-state index in [0.29, 0.717) is 0 Å². The summed E-state index contributed by atoms with van der Waals surface area (Å²) < 4.78 is 22.6. The third kappa shape index (κ3) is 17.6. The van der Waals surface area contributed by atoms with E-state index in [9.17, 15) is 34.9 Å². The number of amides is 3. The number of nitrogens with two attached hydrogens (primary N) is 1. The minimum atomic E-state index is -1.51. The number of aliphatic hydroxyl groups is 2. The number of nitrogens with zero attached hydrogens (tertiary/aromatic N) is 3. The van der Waals surface area contributed by atoms with Crippen molar-refractivity contribution in [3.8, 4) is 0 Å². The molecule has 16 heteroatoms. The molecule has 0 aliphatic carbocycles. The van der Waals surface area contributed by atoms with Crippen molar-refractivity contribution >= 4 is 23.7 Å². The van der Waals surface area contributed by atoms with Crippen LogP contribution < -0.4 is 16.4 Å². The van der Waals surface area contributed by atoms with Crippen LogP contribution in [0.25, 0.3) is 10.4 Å². The van der Waals surface area contributed by atoms with Crippen LogP contribution in [-0.4, -0.2) is 95.9 Å². The van der Waals surface area contributed by atoms with Crippen molar-refractivity contribution < 1.29 is 48.3 Å². The predicted octanol–water partition coefficient (Wildman–Crippen LogP) is 4.23. The number of nitrogens with one attached hydrogen (secondary N) is 2. The second kappa shape index (κ2) is 26.9. The molecule has 1 aliphatic rings. The summed E-state index contributed by atoms with van der Waals surface area (Å²) in [6.45, 7) is 4.68. The first-order chi connectivity index (χ1) is 26.0. The predicted molar refractivity (Wildman–Crippen MR) is 200 cm³/mol. The minimum absolute atomic E-state index is 0.0551. The molecule has 2 rings (SSSR count). The van der Waals surface area contributed by atoms with Gasteiger partial charge >= 0.3 is 5.97 Å². The van der Waals surface area contributed by atoms with Crippen LogP contribution in [0.2, 0.25) is 0 Å². The number of azide groups is 1. The molecular weight excluding hydrogens is 700 g/mol. The molecule has 1 aliphatic heterocycles. The van der Waals surface area contributed by atoms with Gasteiger partial charge in [-0.3, -0.25) is 19.2 Å². The van der Waals surface area contributed by atoms with Gasteiger partial charge in [-0.15, -0.1) is 0 Å². The van der Waals surface area contributed by atoms with Crippen molar-refractivity contribution in [2.24, 2.45) is 10.8 Å². The molecule has 1 aromatic rings. The zero-order valence-electron chi connectivity index (χ0n) is 32.1. The summed E-state index contributed by atoms with van der Waals surface area (Å²) in [6, 6.07) is 5.47. The van der Waals surface area contributed by atoms with Gasteiger partial charge in [-0.2, -0.15) is 0 Å². The highest BCUT2D eigenvalue weighted by atomic mass is 16.7. The number of carbonyl (C=O) groups excluding carboxylic acids is 4. The third-order valence-corrected chi connectivity index (χ3v) is 9.30. The highest BCUT2D eigenvalue weighted by Gasteiger charge is 2.47. The average molecular weight is 763 g/mol. The Morgan fingerprint density at radius 2 is 1.56 bits per heavy atom. The first-order valence-corrected chi connectivity index (χ1v) is 19.4. The van der Waals surface area contributed by atoms with Gasteiger partial charge in [0, 0.05) is 11.3 Å². The van der Waals surface area contributed by atoms with Crippen molar-refractivity contribution in [2.75, 3.05) is 13.2 Å². The lowest BCUT2D eigenvalue weighted by molar-refractivity contribution is -0.279. The van der Waals surface area contributed by atoms with Crippen molar-refractivity contribution in [3.63, 3.8) is 0 Å². The average Bonchev–Trinajstić information content (AvgIpc) is 3.16. The number of rotatable bonds is 28. The Morgan fingerprint density at radius 1 is 0.944 bits per heavy atom. The van der Waals surface area contributed by atoms with E-state index >= 15 is 0 Å². The molecule has 0 unspecified atom stereocenters. The maximum Gasteiger partial charge on any atom is 0.305 e. The SMILES string of the molecule is CCCCCCCCCCCCCCOC(=O)CC[C@@H](NC(=O)[C@H](C)NC(=O)[C@@H](C)O[C@H]1[C@H](O)[C@@H](CO)O[C@@H](OCc2ccccc2)[C@@H]1N=[N+]=[N-])C(N)=O. The molecule has 0 radical (unpaired) electrons. The van der Waals surface area contributed by atoms with Crippen LogP contribution >= 0.6 is 0 Å². The first-order valence-electron chi connectivity index (χ1n) is 19.4. The summed E-state index contributed by atoms with van der Waals surface area (Å²) in [6.07, 6.45) is 7.54. The Balaban J connectivity index is 1.78. The minimum Gasteiger partial charge on any atom is -0.466 e. The Kier molecular flexibility index (Phi) is 23.1. The lowest BCUT2D eigenvalue weighted by Crippen LogP contribution is -2.61. The fourth-order valence-electron chi connectivity index (χ4n) is 6.02. The molecule has 54 heavy (non-hydrogen) atoms. The summed E-state index contributed by atoms with van der Waals surface area (Å²) in [5, 5.41) is 29.4. The molecule has 3 amide bonds. The quantitative estimate of drug-likeness (QED) is 0.0267. The Bertz CT molecular complexity index is 1300. The van der Waals surface area contributed by atoms with Crippen molar-refractivity contribution in [2.45, 2.75) is 166 Å². The Morgan fingerprint density at radius 3 is 2.13 bits per heavy atom. The normalized spacial score (nSPS) is 21.2.